The van der Waals surface area contributed by atoms with Crippen LogP contribution in [0.4, 0.5) is 11.4 Å². The van der Waals surface area contributed by atoms with Gasteiger partial charge in [0, 0.05) is 12.1 Å². The molecule has 20 heavy (non-hydrogen) atoms. The number of nitro groups is 1. The van der Waals surface area contributed by atoms with Gasteiger partial charge in [-0.2, -0.15) is 0 Å². The Balaban J connectivity index is 2.32. The van der Waals surface area contributed by atoms with Crippen LogP contribution in [0.5, 0.6) is 17.4 Å². The molecule has 2 N–H and O–H groups in total. The van der Waals surface area contributed by atoms with Gasteiger partial charge in [-0.05, 0) is 19.1 Å². The van der Waals surface area contributed by atoms with Gasteiger partial charge in [-0.3, -0.25) is 10.1 Å². The molecule has 0 unspecified atom stereocenters. The summed E-state index contributed by atoms with van der Waals surface area (Å²) in [5.41, 5.74) is 6.81. The van der Waals surface area contributed by atoms with Crippen molar-refractivity contribution in [2.24, 2.45) is 0 Å². The Labute approximate surface area is 115 Å². The number of hydrogen-bond donors (Lipinski definition) is 1. The van der Waals surface area contributed by atoms with E-state index in [9.17, 15) is 10.1 Å². The number of rotatable bonds is 4. The Bertz CT molecular complexity index is 658. The van der Waals surface area contributed by atoms with Crippen molar-refractivity contribution in [1.82, 2.24) is 4.98 Å². The molecule has 0 spiro atoms. The minimum absolute atomic E-state index is 0.0735. The molecule has 1 aromatic heterocycles. The predicted octanol–water partition coefficient (Wildman–Crippen LogP) is 2.68. The lowest BCUT2D eigenvalue weighted by molar-refractivity contribution is -0.384. The summed E-state index contributed by atoms with van der Waals surface area (Å²) in [7, 11) is 1.41. The van der Waals surface area contributed by atoms with Crippen LogP contribution in [0, 0.1) is 17.0 Å². The Kier molecular flexibility index (Phi) is 3.69. The fourth-order valence-electron chi connectivity index (χ4n) is 1.57. The first-order valence-electron chi connectivity index (χ1n) is 5.74. The second kappa shape index (κ2) is 5.43. The largest absolute Gasteiger partial charge is 0.493 e. The number of anilines is 1. The molecule has 2 rings (SSSR count). The number of methoxy groups -OCH3 is 1. The molecule has 0 saturated heterocycles. The van der Waals surface area contributed by atoms with E-state index in [0.29, 0.717) is 23.0 Å². The van der Waals surface area contributed by atoms with E-state index in [0.717, 1.165) is 0 Å². The van der Waals surface area contributed by atoms with Gasteiger partial charge in [-0.15, -0.1) is 0 Å². The van der Waals surface area contributed by atoms with Gasteiger partial charge in [-0.1, -0.05) is 0 Å². The van der Waals surface area contributed by atoms with Crippen molar-refractivity contribution < 1.29 is 14.4 Å². The van der Waals surface area contributed by atoms with Gasteiger partial charge in [0.1, 0.15) is 0 Å². The van der Waals surface area contributed by atoms with Crippen molar-refractivity contribution in [2.75, 3.05) is 12.8 Å². The number of non-ortho nitro benzene ring substituents is 1. The summed E-state index contributed by atoms with van der Waals surface area (Å²) in [4.78, 5) is 14.4. The maximum absolute atomic E-state index is 10.7. The molecule has 0 saturated carbocycles. The maximum atomic E-state index is 10.7. The first-order chi connectivity index (χ1) is 9.51. The minimum atomic E-state index is -0.502. The number of nitrogens with zero attached hydrogens (tertiary/aromatic N) is 2. The van der Waals surface area contributed by atoms with Crippen LogP contribution in [0.1, 0.15) is 5.69 Å². The zero-order chi connectivity index (χ0) is 14.7. The summed E-state index contributed by atoms with van der Waals surface area (Å²) in [6.45, 7) is 1.76. The highest BCUT2D eigenvalue weighted by molar-refractivity contribution is 5.50. The van der Waals surface area contributed by atoms with Gasteiger partial charge in [-0.25, -0.2) is 4.98 Å². The molecule has 7 nitrogen and oxygen atoms in total. The highest BCUT2D eigenvalue weighted by Crippen LogP contribution is 2.34. The van der Waals surface area contributed by atoms with E-state index < -0.39 is 4.92 Å². The summed E-state index contributed by atoms with van der Waals surface area (Å²) in [5, 5.41) is 10.7. The highest BCUT2D eigenvalue weighted by atomic mass is 16.6. The van der Waals surface area contributed by atoms with Gasteiger partial charge < -0.3 is 15.2 Å². The van der Waals surface area contributed by atoms with Gasteiger partial charge >= 0.3 is 0 Å². The first kappa shape index (κ1) is 13.6. The van der Waals surface area contributed by atoms with Crippen LogP contribution in [-0.4, -0.2) is 17.0 Å². The molecule has 0 aliphatic carbocycles. The topological polar surface area (TPSA) is 101 Å². The van der Waals surface area contributed by atoms with Gasteiger partial charge in [0.05, 0.1) is 29.5 Å². The fraction of sp³-hybridized carbons (Fsp3) is 0.154. The van der Waals surface area contributed by atoms with Crippen LogP contribution in [0.25, 0.3) is 0 Å². The number of nitro benzene ring substituents is 1. The van der Waals surface area contributed by atoms with Crippen LogP contribution in [0.3, 0.4) is 0 Å². The molecule has 0 atom stereocenters. The Morgan fingerprint density at radius 3 is 2.60 bits per heavy atom. The number of benzene rings is 1. The minimum Gasteiger partial charge on any atom is -0.493 e. The third-order valence-electron chi connectivity index (χ3n) is 2.67. The fourth-order valence-corrected chi connectivity index (χ4v) is 1.57. The van der Waals surface area contributed by atoms with Crippen molar-refractivity contribution in [2.45, 2.75) is 6.92 Å². The SMILES string of the molecule is COc1cc([N+](=O)[O-])ccc1Oc1ccc(N)c(C)n1. The molecule has 0 amide bonds. The summed E-state index contributed by atoms with van der Waals surface area (Å²) in [5.74, 6) is 0.939. The predicted molar refractivity (Wildman–Crippen MR) is 73.1 cm³/mol. The third kappa shape index (κ3) is 2.77. The van der Waals surface area contributed by atoms with Crippen molar-refractivity contribution in [3.8, 4) is 17.4 Å². The smallest absolute Gasteiger partial charge is 0.273 e. The van der Waals surface area contributed by atoms with Crippen LogP contribution >= 0.6 is 0 Å². The van der Waals surface area contributed by atoms with E-state index in [1.165, 1.54) is 25.3 Å². The number of pyridine rings is 1. The van der Waals surface area contributed by atoms with Gasteiger partial charge in [0.2, 0.25) is 5.88 Å². The van der Waals surface area contributed by atoms with Crippen LogP contribution < -0.4 is 15.2 Å². The van der Waals surface area contributed by atoms with Crippen molar-refractivity contribution in [3.63, 3.8) is 0 Å². The maximum Gasteiger partial charge on any atom is 0.273 e. The normalized spacial score (nSPS) is 10.1. The number of aryl methyl sites for hydroxylation is 1. The molecular formula is C13H13N3O4. The molecule has 0 aliphatic heterocycles. The number of nitrogens with two attached hydrogens (primary N) is 1. The second-order valence-corrected chi connectivity index (χ2v) is 4.02. The van der Waals surface area contributed by atoms with Crippen LogP contribution in [0.15, 0.2) is 30.3 Å². The first-order valence-corrected chi connectivity index (χ1v) is 5.74. The average molecular weight is 275 g/mol. The zero-order valence-electron chi connectivity index (χ0n) is 11.0. The van der Waals surface area contributed by atoms with Crippen molar-refractivity contribution >= 4 is 11.4 Å². The van der Waals surface area contributed by atoms with E-state index in [-0.39, 0.29) is 11.4 Å². The molecule has 0 radical (unpaired) electrons. The molecule has 1 aromatic carbocycles. The molecule has 0 fully saturated rings. The molecule has 2 aromatic rings. The van der Waals surface area contributed by atoms with E-state index in [2.05, 4.69) is 4.98 Å². The highest BCUT2D eigenvalue weighted by Gasteiger charge is 2.13. The van der Waals surface area contributed by atoms with E-state index in [1.54, 1.807) is 19.1 Å². The van der Waals surface area contributed by atoms with E-state index in [4.69, 9.17) is 15.2 Å². The quantitative estimate of drug-likeness (QED) is 0.680. The zero-order valence-corrected chi connectivity index (χ0v) is 11.0. The van der Waals surface area contributed by atoms with Crippen molar-refractivity contribution in [1.29, 1.82) is 0 Å². The average Bonchev–Trinajstić information content (AvgIpc) is 2.43. The monoisotopic (exact) mass is 275 g/mol. The number of hydrogen-bond acceptors (Lipinski definition) is 6. The van der Waals surface area contributed by atoms with Crippen LogP contribution in [0.2, 0.25) is 0 Å². The Morgan fingerprint density at radius 2 is 2.00 bits per heavy atom. The van der Waals surface area contributed by atoms with Gasteiger partial charge in [0.15, 0.2) is 11.5 Å². The van der Waals surface area contributed by atoms with E-state index in [1.807, 2.05) is 0 Å². The second-order valence-electron chi connectivity index (χ2n) is 4.02. The lowest BCUT2D eigenvalue weighted by Crippen LogP contribution is -1.97. The summed E-state index contributed by atoms with van der Waals surface area (Å²) in [6.07, 6.45) is 0. The summed E-state index contributed by atoms with van der Waals surface area (Å²) in [6, 6.07) is 7.38. The Morgan fingerprint density at radius 1 is 1.25 bits per heavy atom. The third-order valence-corrected chi connectivity index (χ3v) is 2.67. The molecule has 0 aliphatic rings. The van der Waals surface area contributed by atoms with Gasteiger partial charge in [0.25, 0.3) is 5.69 Å². The molecule has 0 bridgehead atoms. The molecule has 7 heteroatoms. The molecule has 1 heterocycles. The standard InChI is InChI=1S/C13H13N3O4/c1-8-10(14)4-6-13(15-8)20-11-5-3-9(16(17)18)7-12(11)19-2/h3-7H,14H2,1-2H3. The summed E-state index contributed by atoms with van der Waals surface area (Å²) < 4.78 is 10.6. The number of ether oxygens (including phenoxy) is 2. The molecular weight excluding hydrogens is 262 g/mol. The lowest BCUT2D eigenvalue weighted by atomic mass is 10.3. The lowest BCUT2D eigenvalue weighted by Gasteiger charge is -2.10. The number of nitrogen functional groups attached to an aromatic ring is 1. The van der Waals surface area contributed by atoms with Crippen molar-refractivity contribution in [3.05, 3.63) is 46.1 Å². The number of aromatic nitrogens is 1. The Hall–Kier alpha value is -2.83. The summed E-state index contributed by atoms with van der Waals surface area (Å²) >= 11 is 0. The van der Waals surface area contributed by atoms with Crippen LogP contribution in [-0.2, 0) is 0 Å². The van der Waals surface area contributed by atoms with E-state index >= 15 is 0 Å². The molecule has 104 valence electrons.